The van der Waals surface area contributed by atoms with Gasteiger partial charge in [0.05, 0.1) is 6.04 Å². The molecular weight excluding hydrogens is 591 g/mol. The number of nitrogens with zero attached hydrogens (tertiary/aromatic N) is 2. The van der Waals surface area contributed by atoms with E-state index in [1.54, 1.807) is 0 Å². The highest BCUT2D eigenvalue weighted by molar-refractivity contribution is 7.00. The molecule has 2 heterocycles. The lowest BCUT2D eigenvalue weighted by atomic mass is 9.33. The predicted octanol–water partition coefficient (Wildman–Crippen LogP) is 9.81. The minimum absolute atomic E-state index is 0.0355. The number of hydrogen-bond acceptors (Lipinski definition) is 2. The van der Waals surface area contributed by atoms with Crippen molar-refractivity contribution in [2.24, 2.45) is 0 Å². The largest absolute Gasteiger partial charge is 0.335 e. The van der Waals surface area contributed by atoms with Crippen LogP contribution in [-0.2, 0) is 5.41 Å². The van der Waals surface area contributed by atoms with Crippen molar-refractivity contribution in [3.05, 3.63) is 175 Å². The fourth-order valence-corrected chi connectivity index (χ4v) is 8.08. The maximum atomic E-state index is 2.64. The van der Waals surface area contributed by atoms with Crippen molar-refractivity contribution < 1.29 is 0 Å². The first-order valence-electron chi connectivity index (χ1n) is 17.5. The van der Waals surface area contributed by atoms with Crippen LogP contribution in [-0.4, -0.2) is 12.8 Å². The lowest BCUT2D eigenvalue weighted by Gasteiger charge is -2.47. The van der Waals surface area contributed by atoms with Crippen molar-refractivity contribution in [1.82, 2.24) is 0 Å². The zero-order chi connectivity index (χ0) is 33.1. The molecule has 0 N–H and O–H groups in total. The number of hydrogen-bond donors (Lipinski definition) is 0. The molecule has 2 nitrogen and oxygen atoms in total. The Morgan fingerprint density at radius 1 is 0.571 bits per heavy atom. The van der Waals surface area contributed by atoms with E-state index >= 15 is 0 Å². The highest BCUT2D eigenvalue weighted by atomic mass is 15.2. The summed E-state index contributed by atoms with van der Waals surface area (Å²) in [6.07, 6.45) is 8.11. The number of para-hydroxylation sites is 2. The van der Waals surface area contributed by atoms with Gasteiger partial charge in [-0.15, -0.1) is 0 Å². The van der Waals surface area contributed by atoms with Gasteiger partial charge < -0.3 is 9.80 Å². The van der Waals surface area contributed by atoms with Crippen molar-refractivity contribution in [3.63, 3.8) is 0 Å². The quantitative estimate of drug-likeness (QED) is 0.179. The molecule has 1 atom stereocenters. The van der Waals surface area contributed by atoms with E-state index in [0.29, 0.717) is 0 Å². The molecule has 49 heavy (non-hydrogen) atoms. The number of rotatable bonds is 4. The van der Waals surface area contributed by atoms with Gasteiger partial charge in [-0.3, -0.25) is 0 Å². The van der Waals surface area contributed by atoms with Gasteiger partial charge >= 0.3 is 0 Å². The molecule has 9 rings (SSSR count). The van der Waals surface area contributed by atoms with Crippen LogP contribution in [0.1, 0.15) is 38.3 Å². The molecule has 1 unspecified atom stereocenters. The van der Waals surface area contributed by atoms with E-state index in [2.05, 4.69) is 194 Å². The van der Waals surface area contributed by atoms with Crippen LogP contribution in [0.3, 0.4) is 0 Å². The third-order valence-corrected chi connectivity index (χ3v) is 10.5. The molecule has 0 amide bonds. The first-order valence-corrected chi connectivity index (χ1v) is 17.5. The molecule has 3 aliphatic rings. The van der Waals surface area contributed by atoms with Gasteiger partial charge in [0.1, 0.15) is 0 Å². The summed E-state index contributed by atoms with van der Waals surface area (Å²) in [6.45, 7) is 7.12. The minimum Gasteiger partial charge on any atom is -0.335 e. The van der Waals surface area contributed by atoms with Gasteiger partial charge in [0.2, 0.25) is 0 Å². The van der Waals surface area contributed by atoms with Crippen LogP contribution in [0.2, 0.25) is 0 Å². The number of anilines is 5. The second-order valence-electron chi connectivity index (χ2n) is 14.5. The van der Waals surface area contributed by atoms with E-state index in [0.717, 1.165) is 6.42 Å². The van der Waals surface area contributed by atoms with Crippen LogP contribution in [0.5, 0.6) is 0 Å². The molecule has 6 aromatic rings. The number of benzene rings is 6. The van der Waals surface area contributed by atoms with Gasteiger partial charge in [0, 0.05) is 28.4 Å². The lowest BCUT2D eigenvalue weighted by molar-refractivity contribution is 0.590. The van der Waals surface area contributed by atoms with Crippen LogP contribution in [0.25, 0.3) is 16.7 Å². The van der Waals surface area contributed by atoms with Crippen molar-refractivity contribution in [2.45, 2.75) is 38.6 Å². The maximum absolute atomic E-state index is 2.64. The Bertz CT molecular complexity index is 2250. The van der Waals surface area contributed by atoms with Crippen molar-refractivity contribution in [3.8, 4) is 11.1 Å². The highest BCUT2D eigenvalue weighted by Crippen LogP contribution is 2.45. The predicted molar refractivity (Wildman–Crippen MR) is 210 cm³/mol. The van der Waals surface area contributed by atoms with Crippen molar-refractivity contribution in [2.75, 3.05) is 9.80 Å². The van der Waals surface area contributed by atoms with Crippen LogP contribution in [0.4, 0.5) is 28.4 Å². The Morgan fingerprint density at radius 2 is 1.22 bits per heavy atom. The zero-order valence-electron chi connectivity index (χ0n) is 28.3. The van der Waals surface area contributed by atoms with Gasteiger partial charge in [-0.25, -0.2) is 0 Å². The van der Waals surface area contributed by atoms with Gasteiger partial charge in [-0.05, 0) is 92.4 Å². The SMILES string of the molecule is CC(C)(C)c1cc2c3c(c1)N(C1C=CC(c4ccccc4)=CC1)c1ccccc1B3c1cc(-c3ccccc3)ccc1N2c1ccccc1. The Morgan fingerprint density at radius 3 is 1.92 bits per heavy atom. The first-order chi connectivity index (χ1) is 24.0. The molecule has 1 aliphatic carbocycles. The average molecular weight is 631 g/mol. The summed E-state index contributed by atoms with van der Waals surface area (Å²) in [4.78, 5) is 5.16. The highest BCUT2D eigenvalue weighted by Gasteiger charge is 2.44. The molecular formula is C46H39BN2. The van der Waals surface area contributed by atoms with E-state index in [1.807, 2.05) is 0 Å². The van der Waals surface area contributed by atoms with Crippen LogP contribution in [0.15, 0.2) is 164 Å². The number of allylic oxidation sites excluding steroid dienone is 2. The Kier molecular flexibility index (Phi) is 6.98. The molecule has 0 aromatic heterocycles. The van der Waals surface area contributed by atoms with Gasteiger partial charge in [0.15, 0.2) is 0 Å². The van der Waals surface area contributed by atoms with Gasteiger partial charge in [-0.1, -0.05) is 148 Å². The topological polar surface area (TPSA) is 6.48 Å². The molecule has 0 saturated heterocycles. The molecule has 0 fully saturated rings. The standard InChI is InChI=1S/C46H39BN2/c1-46(2,3)36-30-43-45-44(31-36)49(38-26-23-34(24-27-38)32-15-7-4-8-16-32)41-22-14-13-21-39(41)47(45)40-29-35(33-17-9-5-10-18-33)25-28-42(40)48(43)37-19-11-6-12-20-37/h4-26,28-31,38H,27H2,1-3H3. The monoisotopic (exact) mass is 630 g/mol. The van der Waals surface area contributed by atoms with Crippen molar-refractivity contribution in [1.29, 1.82) is 0 Å². The van der Waals surface area contributed by atoms with E-state index in [-0.39, 0.29) is 18.2 Å². The molecule has 2 aliphatic heterocycles. The van der Waals surface area contributed by atoms with Crippen LogP contribution in [0, 0.1) is 0 Å². The van der Waals surface area contributed by atoms with Crippen LogP contribution < -0.4 is 26.2 Å². The summed E-state index contributed by atoms with van der Waals surface area (Å²) in [5.41, 5.74) is 16.8. The summed E-state index contributed by atoms with van der Waals surface area (Å²) < 4.78 is 0. The average Bonchev–Trinajstić information content (AvgIpc) is 3.15. The molecule has 0 bridgehead atoms. The van der Waals surface area contributed by atoms with Gasteiger partial charge in [-0.2, -0.15) is 0 Å². The second-order valence-corrected chi connectivity index (χ2v) is 14.5. The van der Waals surface area contributed by atoms with E-state index in [4.69, 9.17) is 0 Å². The number of fused-ring (bicyclic) bond motifs is 4. The molecule has 0 radical (unpaired) electrons. The first kappa shape index (κ1) is 29.6. The molecule has 236 valence electrons. The van der Waals surface area contributed by atoms with Gasteiger partial charge in [0.25, 0.3) is 6.71 Å². The summed E-state index contributed by atoms with van der Waals surface area (Å²) in [5.74, 6) is 0. The maximum Gasteiger partial charge on any atom is 0.252 e. The zero-order valence-corrected chi connectivity index (χ0v) is 28.3. The summed E-state index contributed by atoms with van der Waals surface area (Å²) in [7, 11) is 0. The Labute approximate surface area is 290 Å². The Hall–Kier alpha value is -5.54. The minimum atomic E-state index is -0.0355. The smallest absolute Gasteiger partial charge is 0.252 e. The van der Waals surface area contributed by atoms with E-state index < -0.39 is 0 Å². The Balaban J connectivity index is 1.30. The molecule has 0 saturated carbocycles. The summed E-state index contributed by atoms with van der Waals surface area (Å²) in [5, 5.41) is 0. The van der Waals surface area contributed by atoms with Crippen LogP contribution >= 0.6 is 0 Å². The molecule has 0 spiro atoms. The fourth-order valence-electron chi connectivity index (χ4n) is 8.08. The third kappa shape index (κ3) is 4.95. The summed E-state index contributed by atoms with van der Waals surface area (Å²) in [6, 6.07) is 53.9. The lowest BCUT2D eigenvalue weighted by Crippen LogP contribution is -2.62. The molecule has 3 heteroatoms. The summed E-state index contributed by atoms with van der Waals surface area (Å²) >= 11 is 0. The van der Waals surface area contributed by atoms with E-state index in [1.165, 1.54) is 72.7 Å². The normalized spacial score (nSPS) is 16.1. The molecule has 6 aromatic carbocycles. The third-order valence-electron chi connectivity index (χ3n) is 10.5. The fraction of sp³-hybridized carbons (Fsp3) is 0.130. The van der Waals surface area contributed by atoms with E-state index in [9.17, 15) is 0 Å². The second kappa shape index (κ2) is 11.6. The van der Waals surface area contributed by atoms with Crippen molar-refractivity contribution >= 4 is 57.1 Å².